The number of ether oxygens (including phenoxy) is 1. The third-order valence-electron chi connectivity index (χ3n) is 4.29. The van der Waals surface area contributed by atoms with Crippen molar-refractivity contribution < 1.29 is 27.1 Å². The van der Waals surface area contributed by atoms with Crippen molar-refractivity contribution in [1.82, 2.24) is 0 Å². The second-order valence-corrected chi connectivity index (χ2v) is 6.61. The number of hydrogen-bond donors (Lipinski definition) is 3. The number of fused-ring (bicyclic) bond motifs is 1. The van der Waals surface area contributed by atoms with Gasteiger partial charge in [-0.05, 0) is 43.3 Å². The van der Waals surface area contributed by atoms with E-state index in [1.165, 1.54) is 43.6 Å². The van der Waals surface area contributed by atoms with Crippen LogP contribution in [-0.2, 0) is 15.7 Å². The first-order valence-electron chi connectivity index (χ1n) is 8.73. The minimum atomic E-state index is -4.57. The molecule has 1 amide bonds. The van der Waals surface area contributed by atoms with Crippen LogP contribution in [0, 0.1) is 5.82 Å². The van der Waals surface area contributed by atoms with Crippen LogP contribution in [0.3, 0.4) is 0 Å². The zero-order valence-corrected chi connectivity index (χ0v) is 15.7. The maximum absolute atomic E-state index is 13.5. The van der Waals surface area contributed by atoms with Crippen LogP contribution in [0.5, 0.6) is 0 Å². The molecule has 154 valence electrons. The number of hydrogen-bond acceptors (Lipinski definition) is 4. The van der Waals surface area contributed by atoms with Gasteiger partial charge in [0.2, 0.25) is 0 Å². The normalized spacial score (nSPS) is 15.8. The molecule has 29 heavy (non-hydrogen) atoms. The Kier molecular flexibility index (Phi) is 5.78. The van der Waals surface area contributed by atoms with Crippen LogP contribution < -0.4 is 16.0 Å². The number of halogens is 4. The highest BCUT2D eigenvalue weighted by molar-refractivity contribution is 6.31. The van der Waals surface area contributed by atoms with E-state index in [2.05, 4.69) is 16.0 Å². The molecule has 3 N–H and O–H groups in total. The van der Waals surface area contributed by atoms with Crippen LogP contribution in [0.1, 0.15) is 18.1 Å². The second-order valence-electron chi connectivity index (χ2n) is 6.61. The first kappa shape index (κ1) is 20.7. The van der Waals surface area contributed by atoms with Gasteiger partial charge in [-0.1, -0.05) is 0 Å². The van der Waals surface area contributed by atoms with Crippen molar-refractivity contribution in [2.24, 2.45) is 0 Å². The maximum Gasteiger partial charge on any atom is 0.418 e. The van der Waals surface area contributed by atoms with Gasteiger partial charge in [-0.3, -0.25) is 4.79 Å². The summed E-state index contributed by atoms with van der Waals surface area (Å²) in [6.07, 6.45) is -3.27. The first-order chi connectivity index (χ1) is 13.7. The van der Waals surface area contributed by atoms with Crippen LogP contribution in [-0.4, -0.2) is 25.7 Å². The molecule has 1 heterocycles. The smallest absolute Gasteiger partial charge is 0.383 e. The lowest BCUT2D eigenvalue weighted by Gasteiger charge is -2.19. The number of nitrogens with one attached hydrogen (secondary N) is 3. The molecule has 2 aromatic carbocycles. The summed E-state index contributed by atoms with van der Waals surface area (Å²) in [6, 6.07) is 7.23. The van der Waals surface area contributed by atoms with E-state index in [0.29, 0.717) is 11.3 Å². The van der Waals surface area contributed by atoms with E-state index in [1.807, 2.05) is 0 Å². The zero-order chi connectivity index (χ0) is 21.2. The van der Waals surface area contributed by atoms with E-state index in [9.17, 15) is 22.4 Å². The van der Waals surface area contributed by atoms with Gasteiger partial charge < -0.3 is 20.7 Å². The fourth-order valence-electron chi connectivity index (χ4n) is 3.02. The molecule has 1 aliphatic rings. The summed E-state index contributed by atoms with van der Waals surface area (Å²) in [5.74, 6) is -0.973. The average molecular weight is 409 g/mol. The Labute approximate surface area is 164 Å². The van der Waals surface area contributed by atoms with E-state index in [4.69, 9.17) is 4.74 Å². The summed E-state index contributed by atoms with van der Waals surface area (Å²) in [7, 11) is 1.47. The van der Waals surface area contributed by atoms with Gasteiger partial charge in [0.05, 0.1) is 23.4 Å². The van der Waals surface area contributed by atoms with Gasteiger partial charge in [-0.25, -0.2) is 4.39 Å². The molecule has 1 atom stereocenters. The number of anilines is 3. The molecule has 1 unspecified atom stereocenters. The molecule has 2 aromatic rings. The molecule has 1 aliphatic heterocycles. The Morgan fingerprint density at radius 1 is 1.21 bits per heavy atom. The number of rotatable bonds is 6. The van der Waals surface area contributed by atoms with Crippen molar-refractivity contribution in [3.8, 4) is 0 Å². The molecule has 9 heteroatoms. The topological polar surface area (TPSA) is 62.4 Å². The number of carbonyl (C=O) groups excluding carboxylic acids is 1. The lowest BCUT2D eigenvalue weighted by atomic mass is 10.1. The van der Waals surface area contributed by atoms with Gasteiger partial charge in [0.15, 0.2) is 0 Å². The minimum absolute atomic E-state index is 0.0697. The van der Waals surface area contributed by atoms with Crippen LogP contribution in [0.15, 0.2) is 42.6 Å². The average Bonchev–Trinajstić information content (AvgIpc) is 2.94. The molecule has 0 aromatic heterocycles. The van der Waals surface area contributed by atoms with Crippen LogP contribution in [0.4, 0.5) is 34.6 Å². The zero-order valence-electron chi connectivity index (χ0n) is 15.7. The Hall–Kier alpha value is -3.07. The van der Waals surface area contributed by atoms with Crippen LogP contribution in [0.2, 0.25) is 0 Å². The van der Waals surface area contributed by atoms with Gasteiger partial charge in [-0.15, -0.1) is 0 Å². The number of benzene rings is 2. The van der Waals surface area contributed by atoms with Crippen molar-refractivity contribution >= 4 is 28.5 Å². The molecule has 0 radical (unpaired) electrons. The number of alkyl halides is 3. The molecule has 0 fully saturated rings. The van der Waals surface area contributed by atoms with Gasteiger partial charge in [0.1, 0.15) is 5.82 Å². The van der Waals surface area contributed by atoms with Crippen molar-refractivity contribution in [1.29, 1.82) is 0 Å². The van der Waals surface area contributed by atoms with E-state index in [1.54, 1.807) is 6.92 Å². The van der Waals surface area contributed by atoms with Gasteiger partial charge in [0, 0.05) is 36.3 Å². The molecular weight excluding hydrogens is 390 g/mol. The summed E-state index contributed by atoms with van der Waals surface area (Å²) in [4.78, 5) is 12.1. The highest BCUT2D eigenvalue weighted by atomic mass is 19.4. The Bertz CT molecular complexity index is 957. The van der Waals surface area contributed by atoms with Crippen LogP contribution >= 0.6 is 0 Å². The fraction of sp³-hybridized carbons (Fsp3) is 0.250. The van der Waals surface area contributed by atoms with Crippen molar-refractivity contribution in [2.75, 3.05) is 29.7 Å². The summed E-state index contributed by atoms with van der Waals surface area (Å²) >= 11 is 0. The summed E-state index contributed by atoms with van der Waals surface area (Å²) in [6.45, 7) is 1.96. The number of methoxy groups -OCH3 is 1. The first-order valence-corrected chi connectivity index (χ1v) is 8.73. The highest BCUT2D eigenvalue weighted by Gasteiger charge is 2.34. The Morgan fingerprint density at radius 3 is 2.66 bits per heavy atom. The lowest BCUT2D eigenvalue weighted by molar-refractivity contribution is -0.137. The maximum atomic E-state index is 13.5. The van der Waals surface area contributed by atoms with E-state index < -0.39 is 23.5 Å². The number of amides is 1. The van der Waals surface area contributed by atoms with Crippen molar-refractivity contribution in [3.63, 3.8) is 0 Å². The lowest BCUT2D eigenvalue weighted by Crippen LogP contribution is -2.23. The van der Waals surface area contributed by atoms with E-state index in [0.717, 1.165) is 6.07 Å². The minimum Gasteiger partial charge on any atom is -0.383 e. The van der Waals surface area contributed by atoms with E-state index in [-0.39, 0.29) is 29.6 Å². The van der Waals surface area contributed by atoms with Gasteiger partial charge in [0.25, 0.3) is 5.91 Å². The van der Waals surface area contributed by atoms with E-state index >= 15 is 0 Å². The molecule has 5 nitrogen and oxygen atoms in total. The molecule has 0 bridgehead atoms. The third-order valence-corrected chi connectivity index (χ3v) is 4.29. The molecule has 0 spiro atoms. The standard InChI is InChI=1S/C20H19F4N3O2/c1-11(10-29-2)26-17-6-4-13(8-16(17)20(22,23)24)25-9-15-14-5-3-12(21)7-18(14)27-19(15)28/h3-9,11,25-26H,10H2,1-2H3,(H,27,28)/b15-9+. The molecule has 0 saturated carbocycles. The largest absolute Gasteiger partial charge is 0.418 e. The third kappa shape index (κ3) is 4.68. The predicted octanol–water partition coefficient (Wildman–Crippen LogP) is 4.70. The summed E-state index contributed by atoms with van der Waals surface area (Å²) in [5.41, 5.74) is 0.210. The quantitative estimate of drug-likeness (QED) is 0.478. The monoisotopic (exact) mass is 409 g/mol. The molecule has 0 saturated heterocycles. The predicted molar refractivity (Wildman–Crippen MR) is 103 cm³/mol. The van der Waals surface area contributed by atoms with Crippen LogP contribution in [0.25, 0.3) is 5.57 Å². The summed E-state index contributed by atoms with van der Waals surface area (Å²) in [5, 5.41) is 8.02. The Balaban J connectivity index is 1.87. The molecular formula is C20H19F4N3O2. The molecule has 0 aliphatic carbocycles. The second kappa shape index (κ2) is 8.12. The van der Waals surface area contributed by atoms with Crippen molar-refractivity contribution in [2.45, 2.75) is 19.1 Å². The number of carbonyl (C=O) groups is 1. The summed E-state index contributed by atoms with van der Waals surface area (Å²) < 4.78 is 58.7. The fourth-order valence-corrected chi connectivity index (χ4v) is 3.02. The van der Waals surface area contributed by atoms with Crippen molar-refractivity contribution in [3.05, 3.63) is 59.5 Å². The Morgan fingerprint density at radius 2 is 1.97 bits per heavy atom. The van der Waals surface area contributed by atoms with Gasteiger partial charge >= 0.3 is 6.18 Å². The SMILES string of the molecule is COCC(C)Nc1ccc(N/C=C2/C(=O)Nc3cc(F)ccc32)cc1C(F)(F)F. The molecule has 3 rings (SSSR count). The highest BCUT2D eigenvalue weighted by Crippen LogP contribution is 2.37. The van der Waals surface area contributed by atoms with Gasteiger partial charge in [-0.2, -0.15) is 13.2 Å².